The van der Waals surface area contributed by atoms with Crippen LogP contribution in [-0.4, -0.2) is 113 Å². The molecule has 3 atom stereocenters. The Morgan fingerprint density at radius 1 is 0.819 bits per heavy atom. The molecule has 2 amide bonds. The number of aromatic hydroxyl groups is 1. The summed E-state index contributed by atoms with van der Waals surface area (Å²) in [6, 6.07) is 12.8. The minimum absolute atomic E-state index is 0.00123. The number of rotatable bonds is 12. The largest absolute Gasteiger partial charge is 0.508 e. The van der Waals surface area contributed by atoms with Crippen LogP contribution in [0.2, 0.25) is 0 Å². The summed E-state index contributed by atoms with van der Waals surface area (Å²) < 4.78 is 61.0. The summed E-state index contributed by atoms with van der Waals surface area (Å²) in [5.41, 5.74) is 2.44. The summed E-state index contributed by atoms with van der Waals surface area (Å²) in [6.07, 6.45) is 15.5. The number of nitrogens with zero attached hydrogens (tertiary/aromatic N) is 6. The molecule has 16 heteroatoms. The lowest BCUT2D eigenvalue weighted by molar-refractivity contribution is -0.134. The predicted molar refractivity (Wildman–Crippen MR) is 269 cm³/mol. The van der Waals surface area contributed by atoms with Gasteiger partial charge in [0.05, 0.1) is 30.1 Å². The summed E-state index contributed by atoms with van der Waals surface area (Å²) >= 11 is 0. The lowest BCUT2D eigenvalue weighted by Gasteiger charge is -2.47. The van der Waals surface area contributed by atoms with Crippen LogP contribution in [0.4, 0.5) is 24.7 Å². The van der Waals surface area contributed by atoms with Crippen LogP contribution in [-0.2, 0) is 20.7 Å². The second-order valence-corrected chi connectivity index (χ2v) is 22.3. The summed E-state index contributed by atoms with van der Waals surface area (Å²) in [5, 5.41) is 18.9. The first-order valence-electron chi connectivity index (χ1n) is 26.6. The number of hydrogen-bond acceptors (Lipinski definition) is 12. The molecule has 72 heavy (non-hydrogen) atoms. The number of aryl methyl sites for hydroxylation is 1. The maximum atomic E-state index is 17.2. The Hall–Kier alpha value is -5.58. The number of aromatic nitrogens is 3. The van der Waals surface area contributed by atoms with Crippen LogP contribution in [0.5, 0.6) is 11.8 Å². The number of piperidine rings is 3. The molecule has 3 N–H and O–H groups in total. The van der Waals surface area contributed by atoms with Gasteiger partial charge in [-0.25, -0.2) is 13.2 Å². The van der Waals surface area contributed by atoms with E-state index in [4.69, 9.17) is 24.4 Å². The van der Waals surface area contributed by atoms with Crippen molar-refractivity contribution < 1.29 is 37.3 Å². The number of phenols is 1. The van der Waals surface area contributed by atoms with Gasteiger partial charge in [-0.2, -0.15) is 9.97 Å². The highest BCUT2D eigenvalue weighted by Crippen LogP contribution is 2.50. The van der Waals surface area contributed by atoms with Gasteiger partial charge in [-0.15, -0.1) is 0 Å². The van der Waals surface area contributed by atoms with Crippen molar-refractivity contribution in [1.29, 1.82) is 0 Å². The van der Waals surface area contributed by atoms with Crippen LogP contribution >= 0.6 is 0 Å². The number of carbonyl (C=O) groups is 2. The lowest BCUT2D eigenvalue weighted by Crippen LogP contribution is -2.51. The Kier molecular flexibility index (Phi) is 12.5. The fourth-order valence-corrected chi connectivity index (χ4v) is 13.3. The number of hydrogen-bond donors (Lipinski definition) is 3. The van der Waals surface area contributed by atoms with Crippen LogP contribution < -0.4 is 25.2 Å². The molecule has 7 fully saturated rings. The third kappa shape index (κ3) is 9.24. The minimum atomic E-state index is -1.01. The van der Waals surface area contributed by atoms with E-state index < -0.39 is 35.2 Å². The maximum absolute atomic E-state index is 17.2. The molecule has 13 nitrogen and oxygen atoms in total. The van der Waals surface area contributed by atoms with Gasteiger partial charge >= 0.3 is 6.01 Å². The van der Waals surface area contributed by atoms with E-state index in [0.29, 0.717) is 59.6 Å². The van der Waals surface area contributed by atoms with Crippen molar-refractivity contribution in [3.05, 3.63) is 77.2 Å². The fraction of sp³-hybridized carbons (Fsp3) is 0.554. The molecule has 3 unspecified atom stereocenters. The standard InChI is InChI=1S/C56H65F3N8O5/c1-2-33-4-3-5-34-24-38(68)27-42(47(33)34)50-49(59)51-43(28-60-50)52(67-29-35-6-7-36(30-67)61-35)64-54(63-51)71-32-56(16-17-56)31-65-22-18-55(19-23-65)14-10-39(11-15-55)72-40-12-20-66(21-13-40)37-25-44(57)48(45(58)26-37)41-8-9-46(69)62-53(41)70/h3-5,24-28,35-36,39-41,61,68H,2,6-23,29-32H2,1H3,(H,62,69,70). The van der Waals surface area contributed by atoms with Crippen molar-refractivity contribution in [2.45, 2.75) is 133 Å². The van der Waals surface area contributed by atoms with Crippen molar-refractivity contribution in [3.63, 3.8) is 0 Å². The highest BCUT2D eigenvalue weighted by Gasteiger charge is 2.47. The van der Waals surface area contributed by atoms with Crippen LogP contribution in [0, 0.1) is 28.3 Å². The fourth-order valence-electron chi connectivity index (χ4n) is 13.3. The average Bonchev–Trinajstić information content (AvgIpc) is 4.07. The Labute approximate surface area is 418 Å². The zero-order valence-corrected chi connectivity index (χ0v) is 41.2. The van der Waals surface area contributed by atoms with Gasteiger partial charge in [-0.1, -0.05) is 25.1 Å². The number of likely N-dealkylation sites (tertiary alicyclic amines) is 1. The Morgan fingerprint density at radius 2 is 1.54 bits per heavy atom. The van der Waals surface area contributed by atoms with E-state index in [2.05, 4.69) is 27.4 Å². The Balaban J connectivity index is 0.661. The quantitative estimate of drug-likeness (QED) is 0.103. The third-order valence-electron chi connectivity index (χ3n) is 17.6. The summed E-state index contributed by atoms with van der Waals surface area (Å²) in [7, 11) is 0. The molecule has 7 aliphatic rings. The van der Waals surface area contributed by atoms with Crippen molar-refractivity contribution in [1.82, 2.24) is 30.5 Å². The number of fused-ring (bicyclic) bond motifs is 4. The van der Waals surface area contributed by atoms with Crippen LogP contribution in [0.3, 0.4) is 0 Å². The maximum Gasteiger partial charge on any atom is 0.319 e. The summed E-state index contributed by atoms with van der Waals surface area (Å²) in [4.78, 5) is 45.4. The molecule has 3 aromatic carbocycles. The van der Waals surface area contributed by atoms with Gasteiger partial charge in [0.2, 0.25) is 11.8 Å². The Bertz CT molecular complexity index is 2870. The van der Waals surface area contributed by atoms with E-state index in [1.807, 2.05) is 23.1 Å². The molecule has 380 valence electrons. The van der Waals surface area contributed by atoms with Gasteiger partial charge < -0.3 is 34.6 Å². The molecule has 5 saturated heterocycles. The first-order valence-corrected chi connectivity index (χ1v) is 26.6. The molecule has 5 aromatic rings. The van der Waals surface area contributed by atoms with E-state index in [1.165, 1.54) is 12.1 Å². The van der Waals surface area contributed by atoms with Crippen LogP contribution in [0.1, 0.15) is 114 Å². The monoisotopic (exact) mass is 987 g/mol. The smallest absolute Gasteiger partial charge is 0.319 e. The number of benzene rings is 3. The van der Waals surface area contributed by atoms with Gasteiger partial charge in [0, 0.05) is 79.7 Å². The second kappa shape index (κ2) is 19.0. The van der Waals surface area contributed by atoms with E-state index in [1.54, 1.807) is 18.3 Å². The predicted octanol–water partition coefficient (Wildman–Crippen LogP) is 8.86. The number of piperazine rings is 1. The van der Waals surface area contributed by atoms with E-state index in [-0.39, 0.29) is 59.0 Å². The molecule has 0 radical (unpaired) electrons. The van der Waals surface area contributed by atoms with Crippen molar-refractivity contribution in [3.8, 4) is 23.0 Å². The highest BCUT2D eigenvalue weighted by atomic mass is 19.1. The zero-order chi connectivity index (χ0) is 49.3. The molecule has 7 heterocycles. The van der Waals surface area contributed by atoms with Gasteiger partial charge in [0.1, 0.15) is 34.4 Å². The SMILES string of the molecule is CCc1cccc2cc(O)cc(-c3ncc4c(N5CC6CCC(C5)N6)nc(OCC5(CN6CCC7(CCC(OC8CCN(c9cc(F)c(C%10CCC(=O)NC%10=O)c(F)c9)CC8)CC7)CC6)CC5)nc4c3F)c12. The number of phenolic OH excluding ortho intramolecular Hbond substituents is 1. The number of anilines is 2. The van der Waals surface area contributed by atoms with E-state index in [0.717, 1.165) is 133 Å². The number of imide groups is 1. The number of carbonyl (C=O) groups excluding carboxylic acids is 2. The molecular formula is C56H65F3N8O5. The molecule has 2 aromatic heterocycles. The Morgan fingerprint density at radius 3 is 2.24 bits per heavy atom. The van der Waals surface area contributed by atoms with Gasteiger partial charge in [-0.05, 0) is 149 Å². The summed E-state index contributed by atoms with van der Waals surface area (Å²) in [6.45, 7) is 8.37. The molecule has 2 saturated carbocycles. The lowest BCUT2D eigenvalue weighted by atomic mass is 9.67. The summed E-state index contributed by atoms with van der Waals surface area (Å²) in [5.74, 6) is -3.43. The third-order valence-corrected chi connectivity index (χ3v) is 17.6. The van der Waals surface area contributed by atoms with Crippen LogP contribution in [0.15, 0.2) is 48.7 Å². The molecule has 1 spiro atoms. The van der Waals surface area contributed by atoms with Gasteiger partial charge in [0.15, 0.2) is 5.82 Å². The highest BCUT2D eigenvalue weighted by molar-refractivity contribution is 6.02. The zero-order valence-electron chi connectivity index (χ0n) is 41.2. The molecule has 12 rings (SSSR count). The van der Waals surface area contributed by atoms with Crippen molar-refractivity contribution >= 4 is 45.0 Å². The number of ether oxygens (including phenoxy) is 2. The van der Waals surface area contributed by atoms with Gasteiger partial charge in [0.25, 0.3) is 0 Å². The minimum Gasteiger partial charge on any atom is -0.508 e. The normalized spacial score (nSPS) is 24.6. The number of pyridine rings is 1. The number of nitrogens with one attached hydrogen (secondary N) is 2. The number of amides is 2. The molecule has 2 bridgehead atoms. The first-order chi connectivity index (χ1) is 34.9. The van der Waals surface area contributed by atoms with Crippen molar-refractivity contribution in [2.75, 3.05) is 62.2 Å². The topological polar surface area (TPSA) is 145 Å². The molecular weight excluding hydrogens is 922 g/mol. The van der Waals surface area contributed by atoms with E-state index in [9.17, 15) is 14.7 Å². The second-order valence-electron chi connectivity index (χ2n) is 22.3. The molecule has 5 aliphatic heterocycles. The average molecular weight is 987 g/mol. The van der Waals surface area contributed by atoms with Gasteiger partial charge in [-0.3, -0.25) is 19.9 Å². The number of halogens is 3. The van der Waals surface area contributed by atoms with Crippen LogP contribution in [0.25, 0.3) is 32.9 Å². The van der Waals surface area contributed by atoms with E-state index >= 15 is 13.2 Å². The van der Waals surface area contributed by atoms with Crippen molar-refractivity contribution in [2.24, 2.45) is 10.8 Å². The molecule has 2 aliphatic carbocycles. The first kappa shape index (κ1) is 47.4.